The molecule has 4 rings (SSSR count). The minimum Gasteiger partial charge on any atom is -0.330 e. The van der Waals surface area contributed by atoms with E-state index in [2.05, 4.69) is 10.4 Å². The Morgan fingerprint density at radius 1 is 1.00 bits per heavy atom. The summed E-state index contributed by atoms with van der Waals surface area (Å²) in [5.41, 5.74) is 6.55. The number of benzene rings is 1. The predicted octanol–water partition coefficient (Wildman–Crippen LogP) is 6.23. The SMILES string of the molecule is Cc1nn(C)c2nc(C(CN)CC3CCCC3)c(CNCc3cc(C(F)(F)F)cc(C(F)(F)F)c3)cc12. The van der Waals surface area contributed by atoms with E-state index in [9.17, 15) is 26.3 Å². The summed E-state index contributed by atoms with van der Waals surface area (Å²) in [7, 11) is 1.81. The normalized spacial score (nSPS) is 16.1. The highest BCUT2D eigenvalue weighted by atomic mass is 19.4. The van der Waals surface area contributed by atoms with E-state index >= 15 is 0 Å². The van der Waals surface area contributed by atoms with Crippen molar-refractivity contribution in [1.29, 1.82) is 0 Å². The van der Waals surface area contributed by atoms with E-state index in [0.717, 1.165) is 53.7 Å². The van der Waals surface area contributed by atoms with E-state index in [1.807, 2.05) is 20.0 Å². The van der Waals surface area contributed by atoms with Gasteiger partial charge in [-0.15, -0.1) is 0 Å². The number of rotatable bonds is 8. The Morgan fingerprint density at radius 2 is 1.62 bits per heavy atom. The summed E-state index contributed by atoms with van der Waals surface area (Å²) in [6, 6.07) is 3.59. The van der Waals surface area contributed by atoms with Crippen LogP contribution in [-0.4, -0.2) is 21.3 Å². The maximum absolute atomic E-state index is 13.2. The van der Waals surface area contributed by atoms with Crippen LogP contribution in [0.2, 0.25) is 0 Å². The molecule has 0 bridgehead atoms. The predicted molar refractivity (Wildman–Crippen MR) is 129 cm³/mol. The van der Waals surface area contributed by atoms with Crippen LogP contribution >= 0.6 is 0 Å². The largest absolute Gasteiger partial charge is 0.416 e. The smallest absolute Gasteiger partial charge is 0.330 e. The lowest BCUT2D eigenvalue weighted by Crippen LogP contribution is -2.22. The molecule has 0 aliphatic heterocycles. The zero-order valence-electron chi connectivity index (χ0n) is 20.8. The van der Waals surface area contributed by atoms with Crippen LogP contribution in [0, 0.1) is 12.8 Å². The number of nitrogens with one attached hydrogen (secondary N) is 1. The van der Waals surface area contributed by atoms with Gasteiger partial charge in [-0.1, -0.05) is 25.7 Å². The molecule has 1 aromatic carbocycles. The number of hydrogen-bond acceptors (Lipinski definition) is 4. The van der Waals surface area contributed by atoms with Gasteiger partial charge in [0, 0.05) is 38.0 Å². The third-order valence-electron chi connectivity index (χ3n) is 7.17. The van der Waals surface area contributed by atoms with E-state index in [1.54, 1.807) is 4.68 Å². The minimum atomic E-state index is -4.88. The molecule has 1 aliphatic rings. The topological polar surface area (TPSA) is 68.8 Å². The fourth-order valence-corrected chi connectivity index (χ4v) is 5.32. The first-order valence-electron chi connectivity index (χ1n) is 12.4. The average molecular weight is 528 g/mol. The van der Waals surface area contributed by atoms with E-state index in [4.69, 9.17) is 10.7 Å². The van der Waals surface area contributed by atoms with Crippen LogP contribution in [0.25, 0.3) is 11.0 Å². The van der Waals surface area contributed by atoms with Crippen molar-refractivity contribution >= 4 is 11.0 Å². The maximum Gasteiger partial charge on any atom is 0.416 e. The molecular formula is C26H31F6N5. The van der Waals surface area contributed by atoms with Crippen molar-refractivity contribution in [2.24, 2.45) is 18.7 Å². The highest BCUT2D eigenvalue weighted by molar-refractivity contribution is 5.79. The molecule has 37 heavy (non-hydrogen) atoms. The average Bonchev–Trinajstić information content (AvgIpc) is 3.43. The number of hydrogen-bond donors (Lipinski definition) is 2. The summed E-state index contributed by atoms with van der Waals surface area (Å²) in [4.78, 5) is 4.91. The number of nitrogens with two attached hydrogens (primary N) is 1. The summed E-state index contributed by atoms with van der Waals surface area (Å²) in [5.74, 6) is 0.552. The Morgan fingerprint density at radius 3 is 2.19 bits per heavy atom. The molecule has 0 saturated heterocycles. The maximum atomic E-state index is 13.2. The summed E-state index contributed by atoms with van der Waals surface area (Å²) in [6.45, 7) is 2.29. The van der Waals surface area contributed by atoms with Gasteiger partial charge >= 0.3 is 12.4 Å². The molecule has 3 N–H and O–H groups in total. The van der Waals surface area contributed by atoms with Crippen molar-refractivity contribution in [2.75, 3.05) is 6.54 Å². The first-order valence-corrected chi connectivity index (χ1v) is 12.4. The molecule has 3 aromatic rings. The third kappa shape index (κ3) is 6.26. The molecular weight excluding hydrogens is 496 g/mol. The van der Waals surface area contributed by atoms with Gasteiger partial charge in [0.05, 0.1) is 22.5 Å². The summed E-state index contributed by atoms with van der Waals surface area (Å²) < 4.78 is 81.2. The van der Waals surface area contributed by atoms with Crippen LogP contribution in [-0.2, 0) is 32.5 Å². The zero-order valence-corrected chi connectivity index (χ0v) is 20.8. The van der Waals surface area contributed by atoms with Crippen LogP contribution in [0.4, 0.5) is 26.3 Å². The van der Waals surface area contributed by atoms with Crippen LogP contribution < -0.4 is 11.1 Å². The Bertz CT molecular complexity index is 1210. The Labute approximate surface area is 211 Å². The Kier molecular flexibility index (Phi) is 7.85. The van der Waals surface area contributed by atoms with E-state index in [1.165, 1.54) is 12.8 Å². The monoisotopic (exact) mass is 527 g/mol. The first kappa shape index (κ1) is 27.4. The molecule has 1 aliphatic carbocycles. The molecule has 5 nitrogen and oxygen atoms in total. The van der Waals surface area contributed by atoms with Gasteiger partial charge in [-0.05, 0) is 54.7 Å². The van der Waals surface area contributed by atoms with Gasteiger partial charge in [0.15, 0.2) is 5.65 Å². The molecule has 11 heteroatoms. The number of pyridine rings is 1. The van der Waals surface area contributed by atoms with Gasteiger partial charge in [-0.2, -0.15) is 31.4 Å². The molecule has 0 amide bonds. The summed E-state index contributed by atoms with van der Waals surface area (Å²) in [5, 5.41) is 8.33. The third-order valence-corrected chi connectivity index (χ3v) is 7.17. The van der Waals surface area contributed by atoms with Gasteiger partial charge < -0.3 is 11.1 Å². The fourth-order valence-electron chi connectivity index (χ4n) is 5.32. The Balaban J connectivity index is 1.62. The fraction of sp³-hybridized carbons (Fsp3) is 0.538. The molecule has 2 aromatic heterocycles. The van der Waals surface area contributed by atoms with Crippen molar-refractivity contribution < 1.29 is 26.3 Å². The molecule has 1 atom stereocenters. The van der Waals surface area contributed by atoms with Gasteiger partial charge in [-0.3, -0.25) is 4.68 Å². The van der Waals surface area contributed by atoms with E-state index < -0.39 is 23.5 Å². The van der Waals surface area contributed by atoms with Crippen molar-refractivity contribution in [2.45, 2.75) is 70.4 Å². The summed E-state index contributed by atoms with van der Waals surface area (Å²) in [6.07, 6.45) is -4.19. The van der Waals surface area contributed by atoms with Crippen molar-refractivity contribution in [3.8, 4) is 0 Å². The lowest BCUT2D eigenvalue weighted by Gasteiger charge is -2.22. The lowest BCUT2D eigenvalue weighted by molar-refractivity contribution is -0.143. The Hall–Kier alpha value is -2.66. The number of fused-ring (bicyclic) bond motifs is 1. The summed E-state index contributed by atoms with van der Waals surface area (Å²) >= 11 is 0. The number of aromatic nitrogens is 3. The number of alkyl halides is 6. The van der Waals surface area contributed by atoms with Gasteiger partial charge in [-0.25, -0.2) is 4.98 Å². The number of halogens is 6. The quantitative estimate of drug-likeness (QED) is 0.341. The molecule has 202 valence electrons. The van der Waals surface area contributed by atoms with Gasteiger partial charge in [0.2, 0.25) is 0 Å². The van der Waals surface area contributed by atoms with Crippen molar-refractivity contribution in [3.63, 3.8) is 0 Å². The number of nitrogens with zero attached hydrogens (tertiary/aromatic N) is 3. The van der Waals surface area contributed by atoms with Crippen molar-refractivity contribution in [1.82, 2.24) is 20.1 Å². The van der Waals surface area contributed by atoms with Crippen molar-refractivity contribution in [3.05, 3.63) is 57.9 Å². The molecule has 0 radical (unpaired) electrons. The molecule has 1 unspecified atom stereocenters. The highest BCUT2D eigenvalue weighted by Crippen LogP contribution is 2.37. The van der Waals surface area contributed by atoms with E-state index in [0.29, 0.717) is 18.1 Å². The minimum absolute atomic E-state index is 0.00936. The zero-order chi connectivity index (χ0) is 27.0. The van der Waals surface area contributed by atoms with Crippen LogP contribution in [0.3, 0.4) is 0 Å². The first-order chi connectivity index (χ1) is 17.4. The standard InChI is InChI=1S/C26H31F6N5/c1-15-22-10-19(14-34-13-17-8-20(25(27,28)29)11-21(9-17)26(30,31)32)23(35-24(22)37(2)36-15)18(12-33)7-16-5-3-4-6-16/h8-11,16,18,34H,3-7,12-14,33H2,1-2H3. The van der Waals surface area contributed by atoms with Crippen LogP contribution in [0.15, 0.2) is 24.3 Å². The lowest BCUT2D eigenvalue weighted by atomic mass is 9.88. The molecule has 1 saturated carbocycles. The van der Waals surface area contributed by atoms with Crippen LogP contribution in [0.5, 0.6) is 0 Å². The second-order valence-electron chi connectivity index (χ2n) is 9.95. The van der Waals surface area contributed by atoms with E-state index in [-0.39, 0.29) is 30.6 Å². The molecule has 2 heterocycles. The molecule has 0 spiro atoms. The molecule has 1 fully saturated rings. The van der Waals surface area contributed by atoms with Gasteiger partial charge in [0.25, 0.3) is 0 Å². The second-order valence-corrected chi connectivity index (χ2v) is 9.95. The van der Waals surface area contributed by atoms with Gasteiger partial charge in [0.1, 0.15) is 0 Å². The van der Waals surface area contributed by atoms with Crippen LogP contribution in [0.1, 0.15) is 71.7 Å². The highest BCUT2D eigenvalue weighted by Gasteiger charge is 2.36. The number of aryl methyl sites for hydroxylation is 2. The second kappa shape index (κ2) is 10.6.